The summed E-state index contributed by atoms with van der Waals surface area (Å²) in [5.74, 6) is -0.106. The fraction of sp³-hybridized carbons (Fsp3) is 0.588. The van der Waals surface area contributed by atoms with Gasteiger partial charge in [-0.15, -0.1) is 0 Å². The fourth-order valence-corrected chi connectivity index (χ4v) is 2.68. The number of carbonyl (C=O) groups is 1. The van der Waals surface area contributed by atoms with E-state index in [0.29, 0.717) is 12.1 Å². The van der Waals surface area contributed by atoms with E-state index in [1.165, 1.54) is 5.56 Å². The Morgan fingerprint density at radius 2 is 1.75 bits per heavy atom. The first kappa shape index (κ1) is 15.0. The lowest BCUT2D eigenvalue weighted by molar-refractivity contribution is 0.0449. The fourth-order valence-electron chi connectivity index (χ4n) is 2.68. The molecular formula is C17H25NO2. The lowest BCUT2D eigenvalue weighted by Crippen LogP contribution is -2.40. The average Bonchev–Trinajstić information content (AvgIpc) is 2.83. The van der Waals surface area contributed by atoms with Crippen LogP contribution >= 0.6 is 0 Å². The number of amides is 1. The highest BCUT2D eigenvalue weighted by molar-refractivity contribution is 5.94. The van der Waals surface area contributed by atoms with Crippen LogP contribution in [0.15, 0.2) is 24.3 Å². The van der Waals surface area contributed by atoms with E-state index in [-0.39, 0.29) is 11.3 Å². The summed E-state index contributed by atoms with van der Waals surface area (Å²) in [7, 11) is 0. The smallest absolute Gasteiger partial charge is 0.251 e. The van der Waals surface area contributed by atoms with Gasteiger partial charge in [-0.2, -0.15) is 0 Å². The second kappa shape index (κ2) is 5.57. The third-order valence-corrected chi connectivity index (χ3v) is 4.13. The molecule has 3 nitrogen and oxygen atoms in total. The summed E-state index contributed by atoms with van der Waals surface area (Å²) in [5, 5.41) is 13.1. The summed E-state index contributed by atoms with van der Waals surface area (Å²) in [5.41, 5.74) is 1.26. The molecule has 1 aromatic carbocycles. The van der Waals surface area contributed by atoms with E-state index in [2.05, 4.69) is 26.1 Å². The maximum absolute atomic E-state index is 12.1. The van der Waals surface area contributed by atoms with Crippen LogP contribution in [0.3, 0.4) is 0 Å². The molecule has 0 aromatic heterocycles. The highest BCUT2D eigenvalue weighted by Crippen LogP contribution is 2.28. The van der Waals surface area contributed by atoms with E-state index in [1.807, 2.05) is 24.3 Å². The quantitative estimate of drug-likeness (QED) is 0.891. The minimum absolute atomic E-state index is 0.0913. The van der Waals surface area contributed by atoms with Gasteiger partial charge in [0.1, 0.15) is 0 Å². The van der Waals surface area contributed by atoms with E-state index in [0.717, 1.165) is 25.7 Å². The molecule has 0 unspecified atom stereocenters. The highest BCUT2D eigenvalue weighted by atomic mass is 16.3. The van der Waals surface area contributed by atoms with Gasteiger partial charge in [-0.05, 0) is 36.0 Å². The minimum Gasteiger partial charge on any atom is -0.388 e. The van der Waals surface area contributed by atoms with Crippen molar-refractivity contribution in [2.45, 2.75) is 57.5 Å². The van der Waals surface area contributed by atoms with Gasteiger partial charge in [0, 0.05) is 12.1 Å². The highest BCUT2D eigenvalue weighted by Gasteiger charge is 2.31. The summed E-state index contributed by atoms with van der Waals surface area (Å²) in [4.78, 5) is 12.1. The molecule has 1 aromatic rings. The maximum atomic E-state index is 12.1. The second-order valence-corrected chi connectivity index (χ2v) is 6.94. The molecule has 0 bridgehead atoms. The Hall–Kier alpha value is -1.35. The summed E-state index contributed by atoms with van der Waals surface area (Å²) in [6.45, 7) is 6.81. The van der Waals surface area contributed by atoms with Gasteiger partial charge < -0.3 is 10.4 Å². The van der Waals surface area contributed by atoms with Crippen LogP contribution in [-0.4, -0.2) is 23.2 Å². The van der Waals surface area contributed by atoms with Crippen LogP contribution in [0.1, 0.15) is 62.4 Å². The van der Waals surface area contributed by atoms with Crippen molar-refractivity contribution in [2.24, 2.45) is 0 Å². The number of hydrogen-bond acceptors (Lipinski definition) is 2. The molecule has 2 rings (SSSR count). The Labute approximate surface area is 121 Å². The van der Waals surface area contributed by atoms with Gasteiger partial charge in [0.25, 0.3) is 5.91 Å². The molecule has 0 aliphatic heterocycles. The molecule has 0 radical (unpaired) electrons. The van der Waals surface area contributed by atoms with Gasteiger partial charge in [-0.25, -0.2) is 0 Å². The Kier molecular flexibility index (Phi) is 4.19. The molecule has 1 aliphatic rings. The zero-order valence-corrected chi connectivity index (χ0v) is 12.7. The van der Waals surface area contributed by atoms with Crippen molar-refractivity contribution in [2.75, 3.05) is 6.54 Å². The number of aliphatic hydroxyl groups is 1. The first-order chi connectivity index (χ1) is 9.30. The molecule has 0 spiro atoms. The zero-order valence-electron chi connectivity index (χ0n) is 12.7. The molecule has 2 N–H and O–H groups in total. The van der Waals surface area contributed by atoms with E-state index >= 15 is 0 Å². The summed E-state index contributed by atoms with van der Waals surface area (Å²) < 4.78 is 0. The van der Waals surface area contributed by atoms with E-state index in [1.54, 1.807) is 0 Å². The molecule has 0 heterocycles. The number of nitrogens with one attached hydrogen (secondary N) is 1. The van der Waals surface area contributed by atoms with Crippen molar-refractivity contribution in [3.8, 4) is 0 Å². The van der Waals surface area contributed by atoms with Crippen LogP contribution in [0.2, 0.25) is 0 Å². The van der Waals surface area contributed by atoms with Gasteiger partial charge in [0.15, 0.2) is 0 Å². The number of carbonyl (C=O) groups excluding carboxylic acids is 1. The second-order valence-electron chi connectivity index (χ2n) is 6.94. The Balaban J connectivity index is 1.96. The minimum atomic E-state index is -0.693. The molecule has 3 heteroatoms. The lowest BCUT2D eigenvalue weighted by atomic mass is 9.86. The van der Waals surface area contributed by atoms with Crippen molar-refractivity contribution in [1.29, 1.82) is 0 Å². The molecule has 20 heavy (non-hydrogen) atoms. The van der Waals surface area contributed by atoms with Crippen molar-refractivity contribution in [3.63, 3.8) is 0 Å². The van der Waals surface area contributed by atoms with Crippen molar-refractivity contribution >= 4 is 5.91 Å². The first-order valence-electron chi connectivity index (χ1n) is 7.41. The monoisotopic (exact) mass is 275 g/mol. The third-order valence-electron chi connectivity index (χ3n) is 4.13. The zero-order chi connectivity index (χ0) is 14.8. The Morgan fingerprint density at radius 3 is 2.25 bits per heavy atom. The summed E-state index contributed by atoms with van der Waals surface area (Å²) in [6, 6.07) is 7.71. The molecule has 1 aliphatic carbocycles. The third kappa shape index (κ3) is 3.60. The number of rotatable bonds is 3. The van der Waals surface area contributed by atoms with Gasteiger partial charge >= 0.3 is 0 Å². The molecule has 110 valence electrons. The molecule has 1 fully saturated rings. The van der Waals surface area contributed by atoms with Crippen LogP contribution < -0.4 is 5.32 Å². The molecular weight excluding hydrogens is 250 g/mol. The molecule has 0 saturated heterocycles. The van der Waals surface area contributed by atoms with Crippen molar-refractivity contribution < 1.29 is 9.90 Å². The summed E-state index contributed by atoms with van der Waals surface area (Å²) >= 11 is 0. The largest absolute Gasteiger partial charge is 0.388 e. The number of benzene rings is 1. The average molecular weight is 275 g/mol. The Morgan fingerprint density at radius 1 is 1.20 bits per heavy atom. The standard InChI is InChI=1S/C17H25NO2/c1-16(2,3)14-8-6-13(7-9-14)15(19)18-12-17(20)10-4-5-11-17/h6-9,20H,4-5,10-12H2,1-3H3,(H,18,19). The topological polar surface area (TPSA) is 49.3 Å². The van der Waals surface area contributed by atoms with Crippen LogP contribution in [0, 0.1) is 0 Å². The Bertz CT molecular complexity index is 465. The van der Waals surface area contributed by atoms with Gasteiger partial charge in [0.05, 0.1) is 5.60 Å². The number of hydrogen-bond donors (Lipinski definition) is 2. The van der Waals surface area contributed by atoms with E-state index < -0.39 is 5.60 Å². The van der Waals surface area contributed by atoms with Crippen LogP contribution in [0.4, 0.5) is 0 Å². The SMILES string of the molecule is CC(C)(C)c1ccc(C(=O)NCC2(O)CCCC2)cc1. The van der Waals surface area contributed by atoms with Gasteiger partial charge in [-0.3, -0.25) is 4.79 Å². The first-order valence-corrected chi connectivity index (χ1v) is 7.41. The predicted octanol–water partition coefficient (Wildman–Crippen LogP) is 3.02. The predicted molar refractivity (Wildman–Crippen MR) is 80.9 cm³/mol. The summed E-state index contributed by atoms with van der Waals surface area (Å²) in [6.07, 6.45) is 3.67. The molecule has 1 amide bonds. The van der Waals surface area contributed by atoms with Crippen molar-refractivity contribution in [3.05, 3.63) is 35.4 Å². The van der Waals surface area contributed by atoms with Crippen molar-refractivity contribution in [1.82, 2.24) is 5.32 Å². The van der Waals surface area contributed by atoms with Gasteiger partial charge in [0.2, 0.25) is 0 Å². The van der Waals surface area contributed by atoms with E-state index in [9.17, 15) is 9.90 Å². The van der Waals surface area contributed by atoms with Crippen LogP contribution in [0.5, 0.6) is 0 Å². The maximum Gasteiger partial charge on any atom is 0.251 e. The van der Waals surface area contributed by atoms with Gasteiger partial charge in [-0.1, -0.05) is 45.7 Å². The van der Waals surface area contributed by atoms with Crippen LogP contribution in [-0.2, 0) is 5.41 Å². The normalized spacial score (nSPS) is 18.0. The lowest BCUT2D eigenvalue weighted by Gasteiger charge is -2.22. The van der Waals surface area contributed by atoms with Crippen LogP contribution in [0.25, 0.3) is 0 Å². The molecule has 0 atom stereocenters. The van der Waals surface area contributed by atoms with E-state index in [4.69, 9.17) is 0 Å². The molecule has 1 saturated carbocycles.